The number of rotatable bonds is 26. The van der Waals surface area contributed by atoms with Gasteiger partial charge in [-0.2, -0.15) is 0 Å². The van der Waals surface area contributed by atoms with Crippen LogP contribution >= 0.6 is 0 Å². The fourth-order valence-corrected chi connectivity index (χ4v) is 21.2. The Hall–Kier alpha value is 0.799. The zero-order valence-corrected chi connectivity index (χ0v) is 25.7. The Morgan fingerprint density at radius 2 is 0.452 bits per heavy atom. The van der Waals surface area contributed by atoms with Crippen molar-refractivity contribution >= 4 is 18.4 Å². The molecule has 0 aromatic heterocycles. The van der Waals surface area contributed by atoms with Crippen molar-refractivity contribution in [3.8, 4) is 0 Å². The molecule has 0 N–H and O–H groups in total. The third kappa shape index (κ3) is 21.1. The summed E-state index contributed by atoms with van der Waals surface area (Å²) < 4.78 is 6.99. The van der Waals surface area contributed by atoms with Gasteiger partial charge in [0.15, 0.2) is 0 Å². The van der Waals surface area contributed by atoms with E-state index in [4.69, 9.17) is 0 Å². The van der Waals surface area contributed by atoms with Gasteiger partial charge in [0.05, 0.1) is 0 Å². The van der Waals surface area contributed by atoms with Gasteiger partial charge in [0.1, 0.15) is 0 Å². The number of unbranched alkanes of at least 4 members (excludes halogenated alkanes) is 18. The van der Waals surface area contributed by atoms with E-state index in [1.165, 1.54) is 103 Å². The summed E-state index contributed by atoms with van der Waals surface area (Å²) in [4.78, 5) is 0. The van der Waals surface area contributed by atoms with Crippen molar-refractivity contribution in [1.82, 2.24) is 0 Å². The first-order valence-electron chi connectivity index (χ1n) is 15.2. The van der Waals surface area contributed by atoms with Crippen molar-refractivity contribution in [2.75, 3.05) is 0 Å². The Balaban J connectivity index is 4.70. The monoisotopic (exact) mass is 544 g/mol. The summed E-state index contributed by atoms with van der Waals surface area (Å²) in [5.74, 6) is 0. The molecule has 1 heteroatoms. The van der Waals surface area contributed by atoms with Crippen molar-refractivity contribution in [3.63, 3.8) is 0 Å². The third-order valence-corrected chi connectivity index (χ3v) is 23.9. The summed E-state index contributed by atoms with van der Waals surface area (Å²) in [7, 11) is 0. The minimum atomic E-state index is -1.94. The summed E-state index contributed by atoms with van der Waals surface area (Å²) >= 11 is -1.94. The molecule has 31 heavy (non-hydrogen) atoms. The molecular weight excluding hydrogens is 479 g/mol. The molecule has 0 aliphatic carbocycles. The SMILES string of the molecule is CCCCCCC[CH2][Sn]([CH2]CCCCCC)([CH2]CCCCCC)[CH2]CCCCCCC. The topological polar surface area (TPSA) is 0 Å². The Kier molecular flexibility index (Phi) is 26.1. The molecule has 0 aliphatic heterocycles. The van der Waals surface area contributed by atoms with Crippen LogP contribution in [-0.2, 0) is 0 Å². The summed E-state index contributed by atoms with van der Waals surface area (Å²) in [6, 6.07) is 0. The van der Waals surface area contributed by atoms with Gasteiger partial charge < -0.3 is 0 Å². The fraction of sp³-hybridized carbons (Fsp3) is 1.00. The molecule has 0 bridgehead atoms. The second kappa shape index (κ2) is 25.4. The van der Waals surface area contributed by atoms with Crippen LogP contribution in [0.5, 0.6) is 0 Å². The van der Waals surface area contributed by atoms with Crippen LogP contribution in [0, 0.1) is 0 Å². The molecule has 0 amide bonds. The first-order chi connectivity index (χ1) is 15.2. The first-order valence-corrected chi connectivity index (χ1v) is 23.3. The summed E-state index contributed by atoms with van der Waals surface area (Å²) in [6.45, 7) is 9.41. The van der Waals surface area contributed by atoms with E-state index < -0.39 is 18.4 Å². The summed E-state index contributed by atoms with van der Waals surface area (Å²) in [5, 5.41) is 0. The van der Waals surface area contributed by atoms with E-state index in [0.717, 1.165) is 0 Å². The van der Waals surface area contributed by atoms with Gasteiger partial charge in [0.25, 0.3) is 0 Å². The van der Waals surface area contributed by atoms with Gasteiger partial charge in [-0.15, -0.1) is 0 Å². The van der Waals surface area contributed by atoms with Crippen LogP contribution in [-0.4, -0.2) is 18.4 Å². The first kappa shape index (κ1) is 31.8. The van der Waals surface area contributed by atoms with Crippen molar-refractivity contribution in [2.24, 2.45) is 0 Å². The van der Waals surface area contributed by atoms with Gasteiger partial charge >= 0.3 is 205 Å². The van der Waals surface area contributed by atoms with Crippen molar-refractivity contribution < 1.29 is 0 Å². The molecule has 0 radical (unpaired) electrons. The molecule has 0 spiro atoms. The van der Waals surface area contributed by atoms with Crippen LogP contribution in [0.2, 0.25) is 17.7 Å². The standard InChI is InChI=1S/2C8H17.2C7H15.Sn/c2*1-3-5-7-8-6-4-2;2*1-3-5-7-6-4-2;/h2*1,3-8H2,2H3;2*1,3-7H2,2H3;. The van der Waals surface area contributed by atoms with Crippen LogP contribution in [0.15, 0.2) is 0 Å². The second-order valence-corrected chi connectivity index (χ2v) is 25.1. The van der Waals surface area contributed by atoms with E-state index in [0.29, 0.717) is 0 Å². The van der Waals surface area contributed by atoms with Gasteiger partial charge in [-0.1, -0.05) is 0 Å². The molecule has 0 rings (SSSR count). The average Bonchev–Trinajstić information content (AvgIpc) is 2.78. The number of hydrogen-bond donors (Lipinski definition) is 0. The van der Waals surface area contributed by atoms with Crippen molar-refractivity contribution in [3.05, 3.63) is 0 Å². The molecule has 0 heterocycles. The van der Waals surface area contributed by atoms with Gasteiger partial charge in [-0.3, -0.25) is 0 Å². The van der Waals surface area contributed by atoms with Gasteiger partial charge in [0, 0.05) is 0 Å². The summed E-state index contributed by atoms with van der Waals surface area (Å²) in [6.07, 6.45) is 33.0. The van der Waals surface area contributed by atoms with Crippen LogP contribution in [0.25, 0.3) is 0 Å². The van der Waals surface area contributed by atoms with E-state index >= 15 is 0 Å². The van der Waals surface area contributed by atoms with Gasteiger partial charge in [-0.25, -0.2) is 0 Å². The normalized spacial score (nSPS) is 12.0. The van der Waals surface area contributed by atoms with Crippen LogP contribution in [0.1, 0.15) is 169 Å². The van der Waals surface area contributed by atoms with E-state index in [-0.39, 0.29) is 0 Å². The molecular formula is C30H64Sn. The zero-order valence-electron chi connectivity index (χ0n) is 22.9. The minimum absolute atomic E-state index is 1.39. The van der Waals surface area contributed by atoms with E-state index in [9.17, 15) is 0 Å². The zero-order chi connectivity index (χ0) is 22.9. The van der Waals surface area contributed by atoms with E-state index in [2.05, 4.69) is 27.7 Å². The fourth-order valence-electron chi connectivity index (χ4n) is 5.52. The molecule has 0 saturated carbocycles. The number of hydrogen-bond acceptors (Lipinski definition) is 0. The van der Waals surface area contributed by atoms with Crippen LogP contribution in [0.3, 0.4) is 0 Å². The quantitative estimate of drug-likeness (QED) is 0.0752. The third-order valence-electron chi connectivity index (χ3n) is 7.74. The molecule has 0 nitrogen and oxygen atoms in total. The van der Waals surface area contributed by atoms with Crippen LogP contribution < -0.4 is 0 Å². The Morgan fingerprint density at radius 3 is 0.677 bits per heavy atom. The second-order valence-electron chi connectivity index (χ2n) is 10.9. The van der Waals surface area contributed by atoms with Crippen molar-refractivity contribution in [1.29, 1.82) is 0 Å². The van der Waals surface area contributed by atoms with Crippen LogP contribution in [0.4, 0.5) is 0 Å². The van der Waals surface area contributed by atoms with E-state index in [1.54, 1.807) is 56.3 Å². The molecule has 0 unspecified atom stereocenters. The maximum absolute atomic E-state index is 2.36. The van der Waals surface area contributed by atoms with Gasteiger partial charge in [0.2, 0.25) is 0 Å². The van der Waals surface area contributed by atoms with Crippen molar-refractivity contribution in [2.45, 2.75) is 187 Å². The molecule has 0 saturated heterocycles. The Morgan fingerprint density at radius 1 is 0.258 bits per heavy atom. The summed E-state index contributed by atoms with van der Waals surface area (Å²) in [5.41, 5.74) is 0. The predicted octanol–water partition coefficient (Wildman–Crippen LogP) is 12.1. The molecule has 0 aliphatic rings. The average molecular weight is 544 g/mol. The molecule has 0 fully saturated rings. The molecule has 0 aromatic rings. The molecule has 0 atom stereocenters. The van der Waals surface area contributed by atoms with Gasteiger partial charge in [-0.05, 0) is 0 Å². The maximum atomic E-state index is 2.36. The predicted molar refractivity (Wildman–Crippen MR) is 149 cm³/mol. The Bertz CT molecular complexity index is 292. The molecule has 0 aromatic carbocycles. The Labute approximate surface area is 204 Å². The van der Waals surface area contributed by atoms with E-state index in [1.807, 2.05) is 0 Å². The molecule has 188 valence electrons.